The molecule has 0 saturated carbocycles. The summed E-state index contributed by atoms with van der Waals surface area (Å²) in [4.78, 5) is 28.8. The third-order valence-corrected chi connectivity index (χ3v) is 4.95. The molecule has 2 amide bonds. The van der Waals surface area contributed by atoms with Crippen LogP contribution in [0.5, 0.6) is 0 Å². The molecule has 0 radical (unpaired) electrons. The molecule has 142 valence electrons. The van der Waals surface area contributed by atoms with Crippen LogP contribution in [-0.4, -0.2) is 57.6 Å². The summed E-state index contributed by atoms with van der Waals surface area (Å²) in [5, 5.41) is 4.35. The Morgan fingerprint density at radius 2 is 1.43 bits per heavy atom. The molecule has 0 bridgehead atoms. The minimum Gasteiger partial charge on any atom is -0.339 e. The summed E-state index contributed by atoms with van der Waals surface area (Å²) < 4.78 is 1.78. The quantitative estimate of drug-likeness (QED) is 0.705. The van der Waals surface area contributed by atoms with Crippen LogP contribution in [0.2, 0.25) is 0 Å². The highest BCUT2D eigenvalue weighted by atomic mass is 16.2. The predicted octanol–water partition coefficient (Wildman–Crippen LogP) is 2.40. The Balaban J connectivity index is 1.32. The van der Waals surface area contributed by atoms with Crippen molar-refractivity contribution in [2.75, 3.05) is 26.2 Å². The number of benzene rings is 2. The van der Waals surface area contributed by atoms with Gasteiger partial charge in [0.05, 0.1) is 18.3 Å². The lowest BCUT2D eigenvalue weighted by Crippen LogP contribution is -2.51. The van der Waals surface area contributed by atoms with Crippen molar-refractivity contribution in [3.63, 3.8) is 0 Å². The number of rotatable bonds is 4. The first-order chi connectivity index (χ1) is 13.7. The molecule has 0 unspecified atom stereocenters. The van der Waals surface area contributed by atoms with Gasteiger partial charge in [-0.25, -0.2) is 4.68 Å². The molecular formula is C22H22N4O2. The van der Waals surface area contributed by atoms with Crippen LogP contribution in [0.15, 0.2) is 73.1 Å². The van der Waals surface area contributed by atoms with Crippen LogP contribution in [-0.2, 0) is 11.2 Å². The fraction of sp³-hybridized carbons (Fsp3) is 0.227. The number of nitrogens with zero attached hydrogens (tertiary/aromatic N) is 4. The number of hydrogen-bond donors (Lipinski definition) is 0. The molecular weight excluding hydrogens is 352 g/mol. The van der Waals surface area contributed by atoms with Gasteiger partial charge in [-0.1, -0.05) is 36.4 Å². The molecule has 1 fully saturated rings. The largest absolute Gasteiger partial charge is 0.339 e. The van der Waals surface area contributed by atoms with E-state index in [0.29, 0.717) is 38.2 Å². The summed E-state index contributed by atoms with van der Waals surface area (Å²) in [6.45, 7) is 2.24. The summed E-state index contributed by atoms with van der Waals surface area (Å²) in [7, 11) is 0. The third kappa shape index (κ3) is 3.96. The summed E-state index contributed by atoms with van der Waals surface area (Å²) in [5.74, 6) is 0.0938. The summed E-state index contributed by atoms with van der Waals surface area (Å²) >= 11 is 0. The molecule has 1 aromatic heterocycles. The van der Waals surface area contributed by atoms with Crippen LogP contribution < -0.4 is 0 Å². The average Bonchev–Trinajstić information content (AvgIpc) is 3.23. The molecule has 0 N–H and O–H groups in total. The Bertz CT molecular complexity index is 945. The molecule has 28 heavy (non-hydrogen) atoms. The number of aromatic nitrogens is 2. The topological polar surface area (TPSA) is 58.4 Å². The number of piperazine rings is 1. The molecule has 6 heteroatoms. The van der Waals surface area contributed by atoms with Crippen molar-refractivity contribution in [2.24, 2.45) is 0 Å². The van der Waals surface area contributed by atoms with Crippen molar-refractivity contribution in [1.82, 2.24) is 19.6 Å². The third-order valence-electron chi connectivity index (χ3n) is 4.95. The molecule has 4 rings (SSSR count). The lowest BCUT2D eigenvalue weighted by molar-refractivity contribution is -0.131. The standard InChI is InChI=1S/C22H22N4O2/c27-21(15-18-16-23-26(17-18)20-9-5-2-6-10-20)24-11-13-25(14-12-24)22(28)19-7-3-1-4-8-19/h1-10,16-17H,11-15H2. The van der Waals surface area contributed by atoms with Crippen LogP contribution in [0, 0.1) is 0 Å². The Kier molecular flexibility index (Phi) is 5.19. The number of amides is 2. The second-order valence-electron chi connectivity index (χ2n) is 6.84. The van der Waals surface area contributed by atoms with Gasteiger partial charge < -0.3 is 9.80 Å². The molecule has 3 aromatic rings. The van der Waals surface area contributed by atoms with Gasteiger partial charge in [0.1, 0.15) is 0 Å². The summed E-state index contributed by atoms with van der Waals surface area (Å²) in [6, 6.07) is 19.1. The highest BCUT2D eigenvalue weighted by Crippen LogP contribution is 2.12. The molecule has 2 aromatic carbocycles. The fourth-order valence-corrected chi connectivity index (χ4v) is 3.38. The van der Waals surface area contributed by atoms with Crippen LogP contribution in [0.4, 0.5) is 0 Å². The van der Waals surface area contributed by atoms with E-state index in [0.717, 1.165) is 11.3 Å². The summed E-state index contributed by atoms with van der Waals surface area (Å²) in [5.41, 5.74) is 2.54. The monoisotopic (exact) mass is 374 g/mol. The number of carbonyl (C=O) groups excluding carboxylic acids is 2. The zero-order valence-electron chi connectivity index (χ0n) is 15.6. The van der Waals surface area contributed by atoms with Gasteiger partial charge >= 0.3 is 0 Å². The highest BCUT2D eigenvalue weighted by Gasteiger charge is 2.25. The van der Waals surface area contributed by atoms with E-state index in [4.69, 9.17) is 0 Å². The van der Waals surface area contributed by atoms with Crippen molar-refractivity contribution < 1.29 is 9.59 Å². The Hall–Kier alpha value is -3.41. The minimum atomic E-state index is 0.0248. The zero-order valence-corrected chi connectivity index (χ0v) is 15.6. The van der Waals surface area contributed by atoms with Crippen LogP contribution >= 0.6 is 0 Å². The first kappa shape index (κ1) is 18.0. The molecule has 6 nitrogen and oxygen atoms in total. The van der Waals surface area contributed by atoms with E-state index in [2.05, 4.69) is 5.10 Å². The Morgan fingerprint density at radius 1 is 0.821 bits per heavy atom. The molecule has 0 aliphatic carbocycles. The number of carbonyl (C=O) groups is 2. The van der Waals surface area contributed by atoms with Crippen LogP contribution in [0.25, 0.3) is 5.69 Å². The number of hydrogen-bond acceptors (Lipinski definition) is 3. The maximum atomic E-state index is 12.6. The first-order valence-electron chi connectivity index (χ1n) is 9.42. The van der Waals surface area contributed by atoms with E-state index in [1.165, 1.54) is 0 Å². The van der Waals surface area contributed by atoms with E-state index < -0.39 is 0 Å². The van der Waals surface area contributed by atoms with Gasteiger partial charge in [0.2, 0.25) is 5.91 Å². The van der Waals surface area contributed by atoms with Crippen molar-refractivity contribution in [2.45, 2.75) is 6.42 Å². The molecule has 0 atom stereocenters. The van der Waals surface area contributed by atoms with Crippen molar-refractivity contribution >= 4 is 11.8 Å². The van der Waals surface area contributed by atoms with Gasteiger partial charge in [0.15, 0.2) is 0 Å². The smallest absolute Gasteiger partial charge is 0.253 e. The lowest BCUT2D eigenvalue weighted by Gasteiger charge is -2.34. The minimum absolute atomic E-state index is 0.0248. The van der Waals surface area contributed by atoms with Gasteiger partial charge in [0, 0.05) is 37.9 Å². The molecule has 1 aliphatic heterocycles. The van der Waals surface area contributed by atoms with Crippen molar-refractivity contribution in [3.05, 3.63) is 84.2 Å². The normalized spacial score (nSPS) is 14.1. The lowest BCUT2D eigenvalue weighted by atomic mass is 10.1. The zero-order chi connectivity index (χ0) is 19.3. The average molecular weight is 374 g/mol. The highest BCUT2D eigenvalue weighted by molar-refractivity contribution is 5.94. The molecule has 2 heterocycles. The van der Waals surface area contributed by atoms with E-state index in [9.17, 15) is 9.59 Å². The second kappa shape index (κ2) is 8.08. The second-order valence-corrected chi connectivity index (χ2v) is 6.84. The van der Waals surface area contributed by atoms with E-state index in [-0.39, 0.29) is 11.8 Å². The van der Waals surface area contributed by atoms with Crippen molar-refractivity contribution in [1.29, 1.82) is 0 Å². The SMILES string of the molecule is O=C(Cc1cnn(-c2ccccc2)c1)N1CCN(C(=O)c2ccccc2)CC1. The van der Waals surface area contributed by atoms with Crippen LogP contribution in [0.1, 0.15) is 15.9 Å². The van der Waals surface area contributed by atoms with Gasteiger partial charge in [-0.3, -0.25) is 9.59 Å². The maximum absolute atomic E-state index is 12.6. The van der Waals surface area contributed by atoms with E-state index >= 15 is 0 Å². The predicted molar refractivity (Wildman–Crippen MR) is 106 cm³/mol. The molecule has 1 saturated heterocycles. The van der Waals surface area contributed by atoms with Crippen molar-refractivity contribution in [3.8, 4) is 5.69 Å². The van der Waals surface area contributed by atoms with Gasteiger partial charge in [-0.2, -0.15) is 5.10 Å². The molecule has 1 aliphatic rings. The Labute approximate surface area is 164 Å². The maximum Gasteiger partial charge on any atom is 0.253 e. The Morgan fingerprint density at radius 3 is 2.11 bits per heavy atom. The number of para-hydroxylation sites is 1. The van der Waals surface area contributed by atoms with Gasteiger partial charge in [-0.15, -0.1) is 0 Å². The molecule has 0 spiro atoms. The van der Waals surface area contributed by atoms with Gasteiger partial charge in [0.25, 0.3) is 5.91 Å². The summed E-state index contributed by atoms with van der Waals surface area (Å²) in [6.07, 6.45) is 3.95. The van der Waals surface area contributed by atoms with Gasteiger partial charge in [-0.05, 0) is 29.8 Å². The van der Waals surface area contributed by atoms with Crippen LogP contribution in [0.3, 0.4) is 0 Å². The van der Waals surface area contributed by atoms with E-state index in [1.54, 1.807) is 10.9 Å². The van der Waals surface area contributed by atoms with E-state index in [1.807, 2.05) is 76.7 Å². The first-order valence-corrected chi connectivity index (χ1v) is 9.42. The fourth-order valence-electron chi connectivity index (χ4n) is 3.38.